The Bertz CT molecular complexity index is 316. The van der Waals surface area contributed by atoms with E-state index in [1.807, 2.05) is 23.9 Å². The van der Waals surface area contributed by atoms with Crippen LogP contribution in [0.25, 0.3) is 0 Å². The molecule has 1 aromatic carbocycles. The second-order valence-corrected chi connectivity index (χ2v) is 5.95. The van der Waals surface area contributed by atoms with Gasteiger partial charge in [0.05, 0.1) is 0 Å². The molecule has 0 aliphatic heterocycles. The number of benzene rings is 1. The van der Waals surface area contributed by atoms with E-state index in [1.165, 1.54) is 30.6 Å². The van der Waals surface area contributed by atoms with Gasteiger partial charge in [-0.2, -0.15) is 0 Å². The van der Waals surface area contributed by atoms with Crippen molar-refractivity contribution in [2.45, 2.75) is 42.8 Å². The minimum atomic E-state index is 0.808. The first-order valence-corrected chi connectivity index (χ1v) is 6.64. The Morgan fingerprint density at radius 2 is 1.93 bits per heavy atom. The van der Waals surface area contributed by atoms with Crippen molar-refractivity contribution in [3.63, 3.8) is 0 Å². The molecular formula is C13H19NS. The summed E-state index contributed by atoms with van der Waals surface area (Å²) >= 11 is 2.00. The number of thioether (sulfide) groups is 1. The van der Waals surface area contributed by atoms with Gasteiger partial charge in [-0.3, -0.25) is 0 Å². The molecule has 1 nitrogen and oxygen atoms in total. The summed E-state index contributed by atoms with van der Waals surface area (Å²) in [5.74, 6) is 0.933. The largest absolute Gasteiger partial charge is 0.399 e. The summed E-state index contributed by atoms with van der Waals surface area (Å²) in [5.41, 5.74) is 6.65. The maximum absolute atomic E-state index is 5.77. The minimum absolute atomic E-state index is 0.808. The van der Waals surface area contributed by atoms with Crippen molar-refractivity contribution in [2.24, 2.45) is 5.92 Å². The van der Waals surface area contributed by atoms with Crippen molar-refractivity contribution in [1.29, 1.82) is 0 Å². The summed E-state index contributed by atoms with van der Waals surface area (Å²) in [5, 5.41) is 0.808. The molecule has 82 valence electrons. The van der Waals surface area contributed by atoms with Gasteiger partial charge in [0.2, 0.25) is 0 Å². The van der Waals surface area contributed by atoms with E-state index in [-0.39, 0.29) is 0 Å². The van der Waals surface area contributed by atoms with Gasteiger partial charge in [-0.15, -0.1) is 11.8 Å². The van der Waals surface area contributed by atoms with Crippen molar-refractivity contribution in [3.8, 4) is 0 Å². The summed E-state index contributed by atoms with van der Waals surface area (Å²) < 4.78 is 0. The summed E-state index contributed by atoms with van der Waals surface area (Å²) in [4.78, 5) is 1.33. The Kier molecular flexibility index (Phi) is 3.57. The SMILES string of the molecule is CC1CCC(Sc2cccc(N)c2)CC1. The predicted octanol–water partition coefficient (Wildman–Crippen LogP) is 3.94. The molecule has 2 N–H and O–H groups in total. The van der Waals surface area contributed by atoms with Crippen LogP contribution >= 0.6 is 11.8 Å². The first kappa shape index (κ1) is 10.9. The Hall–Kier alpha value is -0.630. The van der Waals surface area contributed by atoms with Crippen molar-refractivity contribution in [3.05, 3.63) is 24.3 Å². The van der Waals surface area contributed by atoms with Crippen LogP contribution in [0.3, 0.4) is 0 Å². The average molecular weight is 221 g/mol. The molecular weight excluding hydrogens is 202 g/mol. The molecule has 0 radical (unpaired) electrons. The predicted molar refractivity (Wildman–Crippen MR) is 68.1 cm³/mol. The maximum Gasteiger partial charge on any atom is 0.0325 e. The third kappa shape index (κ3) is 3.16. The molecule has 2 rings (SSSR count). The van der Waals surface area contributed by atoms with E-state index in [2.05, 4.69) is 19.1 Å². The lowest BCUT2D eigenvalue weighted by Gasteiger charge is -2.25. The Labute approximate surface area is 96.4 Å². The zero-order valence-corrected chi connectivity index (χ0v) is 10.1. The molecule has 0 saturated heterocycles. The van der Waals surface area contributed by atoms with E-state index in [4.69, 9.17) is 5.73 Å². The fourth-order valence-corrected chi connectivity index (χ4v) is 3.38. The van der Waals surface area contributed by atoms with Crippen molar-refractivity contribution >= 4 is 17.4 Å². The van der Waals surface area contributed by atoms with Gasteiger partial charge in [-0.1, -0.05) is 13.0 Å². The third-order valence-corrected chi connectivity index (χ3v) is 4.45. The smallest absolute Gasteiger partial charge is 0.0325 e. The van der Waals surface area contributed by atoms with Crippen molar-refractivity contribution in [1.82, 2.24) is 0 Å². The molecule has 1 fully saturated rings. The van der Waals surface area contributed by atoms with Gasteiger partial charge in [0.1, 0.15) is 0 Å². The van der Waals surface area contributed by atoms with Gasteiger partial charge in [0.15, 0.2) is 0 Å². The number of nitrogen functional groups attached to an aromatic ring is 1. The molecule has 0 bridgehead atoms. The molecule has 1 aliphatic rings. The molecule has 0 amide bonds. The molecule has 0 heterocycles. The van der Waals surface area contributed by atoms with Crippen molar-refractivity contribution in [2.75, 3.05) is 5.73 Å². The third-order valence-electron chi connectivity index (χ3n) is 3.12. The minimum Gasteiger partial charge on any atom is -0.399 e. The quantitative estimate of drug-likeness (QED) is 0.765. The van der Waals surface area contributed by atoms with Gasteiger partial charge in [0.25, 0.3) is 0 Å². The summed E-state index contributed by atoms with van der Waals surface area (Å²) in [7, 11) is 0. The molecule has 1 aromatic rings. The number of hydrogen-bond acceptors (Lipinski definition) is 2. The van der Waals surface area contributed by atoms with Crippen molar-refractivity contribution < 1.29 is 0 Å². The van der Waals surface area contributed by atoms with Gasteiger partial charge in [-0.05, 0) is 49.8 Å². The number of anilines is 1. The van der Waals surface area contributed by atoms with Crippen LogP contribution in [0, 0.1) is 5.92 Å². The normalized spacial score (nSPS) is 26.5. The molecule has 15 heavy (non-hydrogen) atoms. The fraction of sp³-hybridized carbons (Fsp3) is 0.538. The summed E-state index contributed by atoms with van der Waals surface area (Å²) in [6.07, 6.45) is 5.50. The highest BCUT2D eigenvalue weighted by atomic mass is 32.2. The van der Waals surface area contributed by atoms with Gasteiger partial charge >= 0.3 is 0 Å². The van der Waals surface area contributed by atoms with Gasteiger partial charge < -0.3 is 5.73 Å². The van der Waals surface area contributed by atoms with Crippen LogP contribution in [0.5, 0.6) is 0 Å². The standard InChI is InChI=1S/C13H19NS/c1-10-5-7-12(8-6-10)15-13-4-2-3-11(14)9-13/h2-4,9-10,12H,5-8,14H2,1H3. The zero-order valence-electron chi connectivity index (χ0n) is 9.28. The maximum atomic E-state index is 5.77. The van der Waals surface area contributed by atoms with E-state index in [1.54, 1.807) is 0 Å². The molecule has 0 atom stereocenters. The molecule has 0 unspecified atom stereocenters. The van der Waals surface area contributed by atoms with Crippen LogP contribution in [-0.2, 0) is 0 Å². The van der Waals surface area contributed by atoms with E-state index < -0.39 is 0 Å². The van der Waals surface area contributed by atoms with Crippen LogP contribution in [-0.4, -0.2) is 5.25 Å². The molecule has 2 heteroatoms. The second-order valence-electron chi connectivity index (χ2n) is 4.57. The highest BCUT2D eigenvalue weighted by molar-refractivity contribution is 8.00. The monoisotopic (exact) mass is 221 g/mol. The molecule has 1 saturated carbocycles. The van der Waals surface area contributed by atoms with Gasteiger partial charge in [0, 0.05) is 15.8 Å². The van der Waals surface area contributed by atoms with Crippen LogP contribution in [0.15, 0.2) is 29.2 Å². The topological polar surface area (TPSA) is 26.0 Å². The number of rotatable bonds is 2. The highest BCUT2D eigenvalue weighted by Crippen LogP contribution is 2.36. The van der Waals surface area contributed by atoms with E-state index in [0.29, 0.717) is 0 Å². The summed E-state index contributed by atoms with van der Waals surface area (Å²) in [6.45, 7) is 2.36. The highest BCUT2D eigenvalue weighted by Gasteiger charge is 2.18. The first-order valence-electron chi connectivity index (χ1n) is 5.76. The Morgan fingerprint density at radius 1 is 1.20 bits per heavy atom. The molecule has 0 spiro atoms. The number of hydrogen-bond donors (Lipinski definition) is 1. The van der Waals surface area contributed by atoms with E-state index in [9.17, 15) is 0 Å². The lowest BCUT2D eigenvalue weighted by atomic mass is 9.91. The zero-order chi connectivity index (χ0) is 10.7. The van der Waals surface area contributed by atoms with Crippen LogP contribution in [0.2, 0.25) is 0 Å². The lowest BCUT2D eigenvalue weighted by Crippen LogP contribution is -2.13. The fourth-order valence-electron chi connectivity index (χ4n) is 2.13. The van der Waals surface area contributed by atoms with E-state index in [0.717, 1.165) is 16.9 Å². The Morgan fingerprint density at radius 3 is 2.60 bits per heavy atom. The number of nitrogens with two attached hydrogens (primary N) is 1. The van der Waals surface area contributed by atoms with Crippen LogP contribution < -0.4 is 5.73 Å². The van der Waals surface area contributed by atoms with E-state index >= 15 is 0 Å². The first-order chi connectivity index (χ1) is 7.24. The molecule has 1 aliphatic carbocycles. The van der Waals surface area contributed by atoms with Crippen LogP contribution in [0.4, 0.5) is 5.69 Å². The Balaban J connectivity index is 1.92. The summed E-state index contributed by atoms with van der Waals surface area (Å²) in [6, 6.07) is 8.25. The lowest BCUT2D eigenvalue weighted by molar-refractivity contribution is 0.393. The molecule has 0 aromatic heterocycles. The van der Waals surface area contributed by atoms with Crippen LogP contribution in [0.1, 0.15) is 32.6 Å². The average Bonchev–Trinajstić information content (AvgIpc) is 2.22. The van der Waals surface area contributed by atoms with Gasteiger partial charge in [-0.25, -0.2) is 0 Å². The second kappa shape index (κ2) is 4.93.